The fourth-order valence-corrected chi connectivity index (χ4v) is 4.46. The largest absolute Gasteiger partial charge is 0.493 e. The van der Waals surface area contributed by atoms with Crippen molar-refractivity contribution in [1.29, 1.82) is 0 Å². The first kappa shape index (κ1) is 19.1. The van der Waals surface area contributed by atoms with Gasteiger partial charge in [0.05, 0.1) is 26.2 Å². The van der Waals surface area contributed by atoms with E-state index in [-0.39, 0.29) is 11.8 Å². The number of nitrogens with zero attached hydrogens (tertiary/aromatic N) is 1. The average Bonchev–Trinajstić information content (AvgIpc) is 3.14. The molecule has 4 rings (SSSR count). The molecule has 0 unspecified atom stereocenters. The Hall–Kier alpha value is -3.26. The predicted octanol–water partition coefficient (Wildman–Crippen LogP) is 4.39. The molecule has 1 aliphatic heterocycles. The summed E-state index contributed by atoms with van der Waals surface area (Å²) in [5.74, 6) is 1.99. The second-order valence-electron chi connectivity index (χ2n) is 6.49. The number of anilines is 3. The van der Waals surface area contributed by atoms with Crippen molar-refractivity contribution in [3.05, 3.63) is 52.9 Å². The number of rotatable bonds is 6. The van der Waals surface area contributed by atoms with Gasteiger partial charge >= 0.3 is 0 Å². The van der Waals surface area contributed by atoms with E-state index in [9.17, 15) is 4.79 Å². The van der Waals surface area contributed by atoms with Crippen molar-refractivity contribution >= 4 is 33.9 Å². The van der Waals surface area contributed by atoms with Crippen LogP contribution in [0.1, 0.15) is 22.8 Å². The molecule has 1 aliphatic rings. The second kappa shape index (κ2) is 8.00. The smallest absolute Gasteiger partial charge is 0.226 e. The Morgan fingerprint density at radius 2 is 1.76 bits per heavy atom. The molecule has 0 aliphatic carbocycles. The summed E-state index contributed by atoms with van der Waals surface area (Å²) in [6.07, 6.45) is 0.318. The molecule has 0 saturated heterocycles. The van der Waals surface area contributed by atoms with Gasteiger partial charge in [-0.05, 0) is 29.8 Å². The summed E-state index contributed by atoms with van der Waals surface area (Å²) in [4.78, 5) is 17.9. The number of carbonyl (C=O) groups excluding carboxylic acids is 1. The zero-order chi connectivity index (χ0) is 20.4. The van der Waals surface area contributed by atoms with Crippen LogP contribution in [0.5, 0.6) is 17.2 Å². The molecule has 1 aromatic heterocycles. The number of hydrogen-bond donors (Lipinski definition) is 2. The normalized spacial score (nSPS) is 15.3. The predicted molar refractivity (Wildman–Crippen MR) is 113 cm³/mol. The van der Waals surface area contributed by atoms with Crippen LogP contribution in [0.25, 0.3) is 0 Å². The Balaban J connectivity index is 1.74. The summed E-state index contributed by atoms with van der Waals surface area (Å²) in [5.41, 5.74) is 1.85. The molecule has 2 heterocycles. The van der Waals surface area contributed by atoms with E-state index < -0.39 is 0 Å². The Bertz CT molecular complexity index is 1010. The molecule has 1 atom stereocenters. The van der Waals surface area contributed by atoms with Gasteiger partial charge in [-0.15, -0.1) is 0 Å². The molecule has 1 amide bonds. The molecule has 0 saturated carbocycles. The lowest BCUT2D eigenvalue weighted by molar-refractivity contribution is -0.116. The number of methoxy groups -OCH3 is 3. The fourth-order valence-electron chi connectivity index (χ4n) is 3.39. The van der Waals surface area contributed by atoms with Crippen molar-refractivity contribution in [2.24, 2.45) is 0 Å². The molecular weight excluding hydrogens is 390 g/mol. The molecule has 0 spiro atoms. The number of thiazole rings is 1. The molecule has 2 N–H and O–H groups in total. The summed E-state index contributed by atoms with van der Waals surface area (Å²) in [5, 5.41) is 6.90. The Labute approximate surface area is 172 Å². The molecule has 29 heavy (non-hydrogen) atoms. The van der Waals surface area contributed by atoms with E-state index in [2.05, 4.69) is 15.6 Å². The maximum absolute atomic E-state index is 12.4. The van der Waals surface area contributed by atoms with Gasteiger partial charge in [-0.2, -0.15) is 0 Å². The number of para-hydroxylation sites is 1. The SMILES string of the molecule is COc1cc([C@@H]2CC(=O)Nc3nc(Nc4ccccc4)sc32)cc(OC)c1OC. The van der Waals surface area contributed by atoms with Gasteiger partial charge in [-0.25, -0.2) is 4.98 Å². The lowest BCUT2D eigenvalue weighted by atomic mass is 9.91. The zero-order valence-corrected chi connectivity index (χ0v) is 17.1. The topological polar surface area (TPSA) is 81.7 Å². The van der Waals surface area contributed by atoms with Crippen LogP contribution in [0.15, 0.2) is 42.5 Å². The highest BCUT2D eigenvalue weighted by atomic mass is 32.1. The van der Waals surface area contributed by atoms with E-state index >= 15 is 0 Å². The maximum Gasteiger partial charge on any atom is 0.226 e. The van der Waals surface area contributed by atoms with Crippen LogP contribution in [0, 0.1) is 0 Å². The molecule has 2 aromatic carbocycles. The zero-order valence-electron chi connectivity index (χ0n) is 16.3. The molecule has 150 valence electrons. The number of carbonyl (C=O) groups is 1. The van der Waals surface area contributed by atoms with Crippen molar-refractivity contribution in [2.45, 2.75) is 12.3 Å². The lowest BCUT2D eigenvalue weighted by Gasteiger charge is -2.23. The molecule has 8 heteroatoms. The Morgan fingerprint density at radius 3 is 2.38 bits per heavy atom. The third-order valence-corrected chi connectivity index (χ3v) is 5.82. The summed E-state index contributed by atoms with van der Waals surface area (Å²) in [7, 11) is 4.72. The standard InChI is InChI=1S/C21H21N3O4S/c1-26-15-9-12(10-16(27-2)18(15)28-3)14-11-17(25)23-20-19(14)29-21(24-20)22-13-7-5-4-6-8-13/h4-10,14H,11H2,1-3H3,(H,22,24)(H,23,25)/t14-/m0/s1. The van der Waals surface area contributed by atoms with Gasteiger partial charge in [0.2, 0.25) is 11.7 Å². The minimum absolute atomic E-state index is 0.0761. The number of benzene rings is 2. The Morgan fingerprint density at radius 1 is 1.07 bits per heavy atom. The van der Waals surface area contributed by atoms with Crippen LogP contribution in [0.2, 0.25) is 0 Å². The summed E-state index contributed by atoms with van der Waals surface area (Å²) < 4.78 is 16.4. The van der Waals surface area contributed by atoms with Crippen LogP contribution >= 0.6 is 11.3 Å². The van der Waals surface area contributed by atoms with Gasteiger partial charge in [0.15, 0.2) is 16.6 Å². The number of nitrogens with one attached hydrogen (secondary N) is 2. The first-order chi connectivity index (χ1) is 14.1. The van der Waals surface area contributed by atoms with E-state index in [0.29, 0.717) is 29.5 Å². The first-order valence-electron chi connectivity index (χ1n) is 9.05. The molecule has 0 fully saturated rings. The van der Waals surface area contributed by atoms with Gasteiger partial charge in [-0.1, -0.05) is 29.5 Å². The second-order valence-corrected chi connectivity index (χ2v) is 7.52. The molecular formula is C21H21N3O4S. The maximum atomic E-state index is 12.4. The molecule has 7 nitrogen and oxygen atoms in total. The third-order valence-electron chi connectivity index (χ3n) is 4.73. The van der Waals surface area contributed by atoms with Crippen molar-refractivity contribution in [3.8, 4) is 17.2 Å². The highest BCUT2D eigenvalue weighted by Gasteiger charge is 2.32. The van der Waals surface area contributed by atoms with E-state index in [1.54, 1.807) is 21.3 Å². The van der Waals surface area contributed by atoms with Gasteiger partial charge in [0.1, 0.15) is 5.82 Å². The van der Waals surface area contributed by atoms with Crippen LogP contribution in [-0.4, -0.2) is 32.2 Å². The number of amides is 1. The first-order valence-corrected chi connectivity index (χ1v) is 9.87. The number of fused-ring (bicyclic) bond motifs is 1. The van der Waals surface area contributed by atoms with E-state index in [0.717, 1.165) is 21.3 Å². The minimum atomic E-state index is -0.156. The summed E-state index contributed by atoms with van der Waals surface area (Å²) >= 11 is 1.52. The Kier molecular flexibility index (Phi) is 5.26. The fraction of sp³-hybridized carbons (Fsp3) is 0.238. The van der Waals surface area contributed by atoms with Crippen molar-refractivity contribution in [1.82, 2.24) is 4.98 Å². The third kappa shape index (κ3) is 3.71. The van der Waals surface area contributed by atoms with Crippen LogP contribution < -0.4 is 24.8 Å². The van der Waals surface area contributed by atoms with Crippen LogP contribution in [0.4, 0.5) is 16.6 Å². The molecule has 3 aromatic rings. The van der Waals surface area contributed by atoms with Gasteiger partial charge in [0.25, 0.3) is 0 Å². The van der Waals surface area contributed by atoms with Gasteiger partial charge in [0, 0.05) is 18.0 Å². The van der Waals surface area contributed by atoms with Crippen molar-refractivity contribution < 1.29 is 19.0 Å². The van der Waals surface area contributed by atoms with E-state index in [1.165, 1.54) is 11.3 Å². The number of hydrogen-bond acceptors (Lipinski definition) is 7. The van der Waals surface area contributed by atoms with E-state index in [4.69, 9.17) is 14.2 Å². The van der Waals surface area contributed by atoms with Crippen molar-refractivity contribution in [3.63, 3.8) is 0 Å². The average molecular weight is 411 g/mol. The van der Waals surface area contributed by atoms with Gasteiger partial charge in [-0.3, -0.25) is 4.79 Å². The monoisotopic (exact) mass is 411 g/mol. The van der Waals surface area contributed by atoms with Gasteiger partial charge < -0.3 is 24.8 Å². The highest BCUT2D eigenvalue weighted by molar-refractivity contribution is 7.16. The number of ether oxygens (including phenoxy) is 3. The quantitative estimate of drug-likeness (QED) is 0.626. The molecule has 0 radical (unpaired) electrons. The highest BCUT2D eigenvalue weighted by Crippen LogP contribution is 2.47. The van der Waals surface area contributed by atoms with E-state index in [1.807, 2.05) is 42.5 Å². The van der Waals surface area contributed by atoms with Crippen molar-refractivity contribution in [2.75, 3.05) is 32.0 Å². The number of aromatic nitrogens is 1. The minimum Gasteiger partial charge on any atom is -0.493 e. The lowest BCUT2D eigenvalue weighted by Crippen LogP contribution is -2.22. The summed E-state index contributed by atoms with van der Waals surface area (Å²) in [6, 6.07) is 13.6. The molecule has 0 bridgehead atoms. The van der Waals surface area contributed by atoms with Crippen LogP contribution in [-0.2, 0) is 4.79 Å². The summed E-state index contributed by atoms with van der Waals surface area (Å²) in [6.45, 7) is 0. The van der Waals surface area contributed by atoms with Crippen LogP contribution in [0.3, 0.4) is 0 Å².